The molecule has 1 amide bonds. The number of aliphatic hydroxyl groups is 1. The van der Waals surface area contributed by atoms with Crippen LogP contribution in [0.25, 0.3) is 0 Å². The van der Waals surface area contributed by atoms with Gasteiger partial charge in [0, 0.05) is 19.2 Å². The van der Waals surface area contributed by atoms with Gasteiger partial charge in [0.05, 0.1) is 25.9 Å². The number of hydrogen-bond acceptors (Lipinski definition) is 4. The molecule has 98 valence electrons. The van der Waals surface area contributed by atoms with Crippen molar-refractivity contribution < 1.29 is 19.4 Å². The molecule has 0 unspecified atom stereocenters. The predicted molar refractivity (Wildman–Crippen MR) is 66.1 cm³/mol. The molecule has 0 saturated carbocycles. The number of nitrogens with zero attached hydrogens (tertiary/aromatic N) is 1. The molecule has 1 atom stereocenters. The third-order valence-electron chi connectivity index (χ3n) is 3.09. The van der Waals surface area contributed by atoms with Crippen LogP contribution < -0.4 is 9.47 Å². The molecule has 1 fully saturated rings. The van der Waals surface area contributed by atoms with E-state index in [1.807, 2.05) is 0 Å². The third kappa shape index (κ3) is 2.41. The summed E-state index contributed by atoms with van der Waals surface area (Å²) in [5.41, 5.74) is 0.493. The Labute approximate surface area is 106 Å². The lowest BCUT2D eigenvalue weighted by Gasteiger charge is -2.17. The SMILES string of the molecule is COc1ccc(C(=O)N2CC[C@H](O)C2)c(OC)c1. The Morgan fingerprint density at radius 3 is 2.72 bits per heavy atom. The summed E-state index contributed by atoms with van der Waals surface area (Å²) in [4.78, 5) is 13.9. The number of methoxy groups -OCH3 is 2. The average molecular weight is 251 g/mol. The van der Waals surface area contributed by atoms with Gasteiger partial charge in [-0.25, -0.2) is 0 Å². The van der Waals surface area contributed by atoms with Crippen LogP contribution in [0.3, 0.4) is 0 Å². The minimum absolute atomic E-state index is 0.119. The molecule has 0 aliphatic carbocycles. The Balaban J connectivity index is 2.24. The second-order valence-corrected chi connectivity index (χ2v) is 4.26. The number of hydrogen-bond donors (Lipinski definition) is 1. The fraction of sp³-hybridized carbons (Fsp3) is 0.462. The number of ether oxygens (including phenoxy) is 2. The zero-order valence-electron chi connectivity index (χ0n) is 10.5. The van der Waals surface area contributed by atoms with Crippen molar-refractivity contribution in [3.05, 3.63) is 23.8 Å². The van der Waals surface area contributed by atoms with Gasteiger partial charge in [0.15, 0.2) is 0 Å². The van der Waals surface area contributed by atoms with Crippen molar-refractivity contribution in [1.82, 2.24) is 4.90 Å². The third-order valence-corrected chi connectivity index (χ3v) is 3.09. The minimum atomic E-state index is -0.418. The molecule has 5 heteroatoms. The summed E-state index contributed by atoms with van der Waals surface area (Å²) in [6, 6.07) is 5.09. The second-order valence-electron chi connectivity index (χ2n) is 4.26. The lowest BCUT2D eigenvalue weighted by atomic mass is 10.1. The second kappa shape index (κ2) is 5.27. The standard InChI is InChI=1S/C13H17NO4/c1-17-10-3-4-11(12(7-10)18-2)13(16)14-6-5-9(15)8-14/h3-4,7,9,15H,5-6,8H2,1-2H3/t9-/m0/s1. The van der Waals surface area contributed by atoms with Crippen LogP contribution in [0.5, 0.6) is 11.5 Å². The quantitative estimate of drug-likeness (QED) is 0.867. The van der Waals surface area contributed by atoms with E-state index in [9.17, 15) is 9.90 Å². The number of likely N-dealkylation sites (tertiary alicyclic amines) is 1. The molecule has 0 radical (unpaired) electrons. The van der Waals surface area contributed by atoms with Crippen LogP contribution in [-0.4, -0.2) is 49.3 Å². The van der Waals surface area contributed by atoms with Crippen LogP contribution in [0.1, 0.15) is 16.8 Å². The van der Waals surface area contributed by atoms with Gasteiger partial charge in [-0.2, -0.15) is 0 Å². The van der Waals surface area contributed by atoms with Crippen molar-refractivity contribution in [2.45, 2.75) is 12.5 Å². The summed E-state index contributed by atoms with van der Waals surface area (Å²) < 4.78 is 10.3. The minimum Gasteiger partial charge on any atom is -0.497 e. The fourth-order valence-corrected chi connectivity index (χ4v) is 2.07. The smallest absolute Gasteiger partial charge is 0.257 e. The van der Waals surface area contributed by atoms with E-state index in [4.69, 9.17) is 9.47 Å². The van der Waals surface area contributed by atoms with E-state index in [0.717, 1.165) is 0 Å². The Morgan fingerprint density at radius 2 is 2.17 bits per heavy atom. The van der Waals surface area contributed by atoms with E-state index in [-0.39, 0.29) is 5.91 Å². The lowest BCUT2D eigenvalue weighted by molar-refractivity contribution is 0.0761. The van der Waals surface area contributed by atoms with Gasteiger partial charge in [0.25, 0.3) is 5.91 Å². The maximum Gasteiger partial charge on any atom is 0.257 e. The first-order valence-electron chi connectivity index (χ1n) is 5.85. The van der Waals surface area contributed by atoms with Gasteiger partial charge in [-0.1, -0.05) is 0 Å². The molecule has 18 heavy (non-hydrogen) atoms. The van der Waals surface area contributed by atoms with E-state index in [1.165, 1.54) is 7.11 Å². The lowest BCUT2D eigenvalue weighted by Crippen LogP contribution is -2.29. The van der Waals surface area contributed by atoms with Crippen molar-refractivity contribution in [3.8, 4) is 11.5 Å². The number of carbonyl (C=O) groups is 1. The molecule has 1 aliphatic rings. The monoisotopic (exact) mass is 251 g/mol. The Kier molecular flexibility index (Phi) is 3.72. The van der Waals surface area contributed by atoms with Crippen molar-refractivity contribution in [3.63, 3.8) is 0 Å². The van der Waals surface area contributed by atoms with Crippen LogP contribution in [-0.2, 0) is 0 Å². The first-order valence-corrected chi connectivity index (χ1v) is 5.85. The van der Waals surface area contributed by atoms with Crippen molar-refractivity contribution in [2.75, 3.05) is 27.3 Å². The molecular weight excluding hydrogens is 234 g/mol. The molecule has 0 aromatic heterocycles. The van der Waals surface area contributed by atoms with E-state index >= 15 is 0 Å². The van der Waals surface area contributed by atoms with Crippen LogP contribution >= 0.6 is 0 Å². The first-order chi connectivity index (χ1) is 8.65. The molecule has 1 heterocycles. The Bertz CT molecular complexity index is 447. The van der Waals surface area contributed by atoms with Crippen molar-refractivity contribution >= 4 is 5.91 Å². The summed E-state index contributed by atoms with van der Waals surface area (Å²) in [5.74, 6) is 1.01. The van der Waals surface area contributed by atoms with Crippen LogP contribution in [0.15, 0.2) is 18.2 Å². The van der Waals surface area contributed by atoms with Gasteiger partial charge >= 0.3 is 0 Å². The van der Waals surface area contributed by atoms with E-state index < -0.39 is 6.10 Å². The van der Waals surface area contributed by atoms with Crippen LogP contribution in [0.4, 0.5) is 0 Å². The summed E-state index contributed by atoms with van der Waals surface area (Å²) in [7, 11) is 3.08. The zero-order valence-corrected chi connectivity index (χ0v) is 10.5. The highest BCUT2D eigenvalue weighted by Gasteiger charge is 2.27. The molecule has 5 nitrogen and oxygen atoms in total. The summed E-state index contributed by atoms with van der Waals surface area (Å²) >= 11 is 0. The number of rotatable bonds is 3. The number of benzene rings is 1. The molecule has 1 aromatic rings. The number of aliphatic hydroxyl groups excluding tert-OH is 1. The van der Waals surface area contributed by atoms with Crippen LogP contribution in [0.2, 0.25) is 0 Å². The van der Waals surface area contributed by atoms with E-state index in [0.29, 0.717) is 36.6 Å². The van der Waals surface area contributed by atoms with Crippen molar-refractivity contribution in [1.29, 1.82) is 0 Å². The molecule has 1 N–H and O–H groups in total. The van der Waals surface area contributed by atoms with Gasteiger partial charge in [-0.05, 0) is 18.6 Å². The van der Waals surface area contributed by atoms with E-state index in [2.05, 4.69) is 0 Å². The summed E-state index contributed by atoms with van der Waals surface area (Å²) in [5, 5.41) is 9.46. The normalized spacial score (nSPS) is 18.8. The maximum atomic E-state index is 12.3. The number of β-amino-alcohol motifs (C(OH)–C–C–N with tert-alkyl or cyclic N) is 1. The highest BCUT2D eigenvalue weighted by molar-refractivity contribution is 5.97. The Morgan fingerprint density at radius 1 is 1.39 bits per heavy atom. The van der Waals surface area contributed by atoms with Gasteiger partial charge in [0.2, 0.25) is 0 Å². The maximum absolute atomic E-state index is 12.3. The summed E-state index contributed by atoms with van der Waals surface area (Å²) in [6.07, 6.45) is 0.211. The molecule has 0 bridgehead atoms. The first kappa shape index (κ1) is 12.7. The molecule has 1 saturated heterocycles. The number of carbonyl (C=O) groups excluding carboxylic acids is 1. The van der Waals surface area contributed by atoms with Gasteiger partial charge in [-0.3, -0.25) is 4.79 Å². The topological polar surface area (TPSA) is 59.0 Å². The highest BCUT2D eigenvalue weighted by atomic mass is 16.5. The molecule has 0 spiro atoms. The average Bonchev–Trinajstić information content (AvgIpc) is 2.83. The molecule has 2 rings (SSSR count). The van der Waals surface area contributed by atoms with Gasteiger partial charge in [0.1, 0.15) is 11.5 Å². The molecular formula is C13H17NO4. The fourth-order valence-electron chi connectivity index (χ4n) is 2.07. The number of amides is 1. The zero-order chi connectivity index (χ0) is 13.1. The molecule has 1 aromatic carbocycles. The largest absolute Gasteiger partial charge is 0.497 e. The summed E-state index contributed by atoms with van der Waals surface area (Å²) in [6.45, 7) is 0.962. The van der Waals surface area contributed by atoms with E-state index in [1.54, 1.807) is 30.2 Å². The van der Waals surface area contributed by atoms with Crippen molar-refractivity contribution in [2.24, 2.45) is 0 Å². The van der Waals surface area contributed by atoms with Gasteiger partial charge < -0.3 is 19.5 Å². The van der Waals surface area contributed by atoms with Gasteiger partial charge in [-0.15, -0.1) is 0 Å². The predicted octanol–water partition coefficient (Wildman–Crippen LogP) is 0.911. The molecule has 1 aliphatic heterocycles. The van der Waals surface area contributed by atoms with Crippen LogP contribution in [0, 0.1) is 0 Å². The highest BCUT2D eigenvalue weighted by Crippen LogP contribution is 2.26. The Hall–Kier alpha value is -1.75.